The summed E-state index contributed by atoms with van der Waals surface area (Å²) in [5.74, 6) is 2.46. The Bertz CT molecular complexity index is 1060. The zero-order chi connectivity index (χ0) is 22.5. The van der Waals surface area contributed by atoms with Gasteiger partial charge in [0.25, 0.3) is 0 Å². The van der Waals surface area contributed by atoms with E-state index in [-0.39, 0.29) is 6.03 Å². The van der Waals surface area contributed by atoms with Gasteiger partial charge >= 0.3 is 6.03 Å². The van der Waals surface area contributed by atoms with Crippen molar-refractivity contribution >= 4 is 17.4 Å². The van der Waals surface area contributed by atoms with Crippen LogP contribution < -0.4 is 19.7 Å². The summed E-state index contributed by atoms with van der Waals surface area (Å²) in [6.07, 6.45) is 0.716. The average Bonchev–Trinajstić information content (AvgIpc) is 3.34. The molecular weight excluding hydrogens is 410 g/mol. The Morgan fingerprint density at radius 2 is 1.81 bits per heavy atom. The van der Waals surface area contributed by atoms with E-state index in [0.717, 1.165) is 24.3 Å². The van der Waals surface area contributed by atoms with Crippen LogP contribution in [0.4, 0.5) is 16.2 Å². The molecule has 2 heterocycles. The summed E-state index contributed by atoms with van der Waals surface area (Å²) in [4.78, 5) is 21.2. The van der Waals surface area contributed by atoms with Crippen molar-refractivity contribution in [2.75, 3.05) is 50.6 Å². The Morgan fingerprint density at radius 1 is 1.06 bits per heavy atom. The third-order valence-corrected chi connectivity index (χ3v) is 5.48. The standard InChI is InChI=1S/C23H27N5O4/c1-4-21-25-22(26-32-21)16-5-7-17(8-6-16)27-11-13-28(14-12-27)23(29)24-19-10-9-18(30-2)15-20(19)31-3/h5-10,15H,4,11-14H2,1-3H3,(H,24,29). The molecule has 1 saturated heterocycles. The number of hydrogen-bond donors (Lipinski definition) is 1. The van der Waals surface area contributed by atoms with Gasteiger partial charge in [-0.15, -0.1) is 0 Å². The van der Waals surface area contributed by atoms with E-state index in [2.05, 4.69) is 32.5 Å². The molecule has 2 aromatic carbocycles. The van der Waals surface area contributed by atoms with Crippen LogP contribution in [0.3, 0.4) is 0 Å². The first-order valence-electron chi connectivity index (χ1n) is 10.6. The first-order valence-corrected chi connectivity index (χ1v) is 10.6. The zero-order valence-electron chi connectivity index (χ0n) is 18.5. The van der Waals surface area contributed by atoms with Crippen LogP contribution in [0.2, 0.25) is 0 Å². The fraction of sp³-hybridized carbons (Fsp3) is 0.348. The van der Waals surface area contributed by atoms with Crippen molar-refractivity contribution in [2.45, 2.75) is 13.3 Å². The predicted molar refractivity (Wildman–Crippen MR) is 121 cm³/mol. The van der Waals surface area contributed by atoms with Crippen molar-refractivity contribution in [1.29, 1.82) is 0 Å². The van der Waals surface area contributed by atoms with Crippen LogP contribution in [0.15, 0.2) is 47.0 Å². The largest absolute Gasteiger partial charge is 0.497 e. The molecule has 9 nitrogen and oxygen atoms in total. The highest BCUT2D eigenvalue weighted by Crippen LogP contribution is 2.29. The van der Waals surface area contributed by atoms with E-state index < -0.39 is 0 Å². The molecule has 2 amide bonds. The Kier molecular flexibility index (Phi) is 6.44. The Labute approximate surface area is 186 Å². The van der Waals surface area contributed by atoms with E-state index in [4.69, 9.17) is 14.0 Å². The molecule has 0 radical (unpaired) electrons. The zero-order valence-corrected chi connectivity index (χ0v) is 18.5. The molecule has 0 saturated carbocycles. The molecule has 3 aromatic rings. The number of methoxy groups -OCH3 is 2. The Balaban J connectivity index is 1.34. The maximum atomic E-state index is 12.7. The van der Waals surface area contributed by atoms with E-state index in [9.17, 15) is 4.79 Å². The van der Waals surface area contributed by atoms with E-state index >= 15 is 0 Å². The summed E-state index contributed by atoms with van der Waals surface area (Å²) in [6, 6.07) is 13.3. The SMILES string of the molecule is CCc1nc(-c2ccc(N3CCN(C(=O)Nc4ccc(OC)cc4OC)CC3)cc2)no1. The second-order valence-electron chi connectivity index (χ2n) is 7.38. The van der Waals surface area contributed by atoms with Crippen LogP contribution in [0, 0.1) is 0 Å². The highest BCUT2D eigenvalue weighted by Gasteiger charge is 2.22. The summed E-state index contributed by atoms with van der Waals surface area (Å²) in [5.41, 5.74) is 2.64. The van der Waals surface area contributed by atoms with Gasteiger partial charge in [0.1, 0.15) is 11.5 Å². The summed E-state index contributed by atoms with van der Waals surface area (Å²) < 4.78 is 15.8. The van der Waals surface area contributed by atoms with Gasteiger partial charge in [0.05, 0.1) is 19.9 Å². The first-order chi connectivity index (χ1) is 15.6. The average molecular weight is 438 g/mol. The Morgan fingerprint density at radius 3 is 2.44 bits per heavy atom. The number of nitrogens with zero attached hydrogens (tertiary/aromatic N) is 4. The molecule has 1 fully saturated rings. The van der Waals surface area contributed by atoms with Gasteiger partial charge in [-0.1, -0.05) is 12.1 Å². The molecular formula is C23H27N5O4. The van der Waals surface area contributed by atoms with Gasteiger partial charge in [0.15, 0.2) is 0 Å². The highest BCUT2D eigenvalue weighted by atomic mass is 16.5. The number of piperazine rings is 1. The lowest BCUT2D eigenvalue weighted by Crippen LogP contribution is -2.50. The minimum atomic E-state index is -0.146. The fourth-order valence-electron chi connectivity index (χ4n) is 3.60. The number of hydrogen-bond acceptors (Lipinski definition) is 7. The molecule has 0 spiro atoms. The molecule has 32 heavy (non-hydrogen) atoms. The number of carbonyl (C=O) groups excluding carboxylic acids is 1. The summed E-state index contributed by atoms with van der Waals surface area (Å²) in [6.45, 7) is 4.71. The van der Waals surface area contributed by atoms with Crippen LogP contribution in [-0.2, 0) is 6.42 Å². The molecule has 1 aliphatic rings. The third-order valence-electron chi connectivity index (χ3n) is 5.48. The maximum Gasteiger partial charge on any atom is 0.322 e. The normalized spacial score (nSPS) is 13.7. The number of amides is 2. The predicted octanol–water partition coefficient (Wildman–Crippen LogP) is 3.67. The molecule has 0 unspecified atom stereocenters. The van der Waals surface area contributed by atoms with Gasteiger partial charge in [-0.25, -0.2) is 4.79 Å². The second kappa shape index (κ2) is 9.59. The quantitative estimate of drug-likeness (QED) is 0.629. The lowest BCUT2D eigenvalue weighted by atomic mass is 10.1. The number of aryl methyl sites for hydroxylation is 1. The first kappa shape index (κ1) is 21.5. The van der Waals surface area contributed by atoms with Crippen molar-refractivity contribution in [3.05, 3.63) is 48.4 Å². The lowest BCUT2D eigenvalue weighted by molar-refractivity contribution is 0.208. The minimum Gasteiger partial charge on any atom is -0.497 e. The number of carbonyl (C=O) groups is 1. The number of rotatable bonds is 6. The Hall–Kier alpha value is -3.75. The topological polar surface area (TPSA) is 93.0 Å². The van der Waals surface area contributed by atoms with E-state index in [1.165, 1.54) is 0 Å². The molecule has 0 atom stereocenters. The fourth-order valence-corrected chi connectivity index (χ4v) is 3.60. The van der Waals surface area contributed by atoms with Gasteiger partial charge in [-0.2, -0.15) is 4.98 Å². The van der Waals surface area contributed by atoms with Gasteiger partial charge in [0.2, 0.25) is 11.7 Å². The van der Waals surface area contributed by atoms with Crippen LogP contribution in [0.5, 0.6) is 11.5 Å². The van der Waals surface area contributed by atoms with Gasteiger partial charge < -0.3 is 29.1 Å². The monoisotopic (exact) mass is 437 g/mol. The summed E-state index contributed by atoms with van der Waals surface area (Å²) >= 11 is 0. The molecule has 1 aromatic heterocycles. The number of benzene rings is 2. The van der Waals surface area contributed by atoms with Gasteiger partial charge in [0, 0.05) is 49.9 Å². The molecule has 4 rings (SSSR count). The second-order valence-corrected chi connectivity index (χ2v) is 7.38. The number of nitrogens with one attached hydrogen (secondary N) is 1. The third kappa shape index (κ3) is 4.61. The molecule has 168 valence electrons. The van der Waals surface area contributed by atoms with E-state index in [1.807, 2.05) is 19.1 Å². The molecule has 1 aliphatic heterocycles. The van der Waals surface area contributed by atoms with Crippen molar-refractivity contribution < 1.29 is 18.8 Å². The molecule has 9 heteroatoms. The number of aromatic nitrogens is 2. The van der Waals surface area contributed by atoms with Gasteiger partial charge in [-0.3, -0.25) is 0 Å². The van der Waals surface area contributed by atoms with E-state index in [1.54, 1.807) is 37.3 Å². The molecule has 1 N–H and O–H groups in total. The number of anilines is 2. The van der Waals surface area contributed by atoms with Crippen molar-refractivity contribution in [3.63, 3.8) is 0 Å². The van der Waals surface area contributed by atoms with Crippen molar-refractivity contribution in [1.82, 2.24) is 15.0 Å². The smallest absolute Gasteiger partial charge is 0.322 e. The van der Waals surface area contributed by atoms with Crippen molar-refractivity contribution in [3.8, 4) is 22.9 Å². The molecule has 0 bridgehead atoms. The maximum absolute atomic E-state index is 12.7. The highest BCUT2D eigenvalue weighted by molar-refractivity contribution is 5.91. The van der Waals surface area contributed by atoms with Crippen LogP contribution >= 0.6 is 0 Å². The van der Waals surface area contributed by atoms with E-state index in [0.29, 0.717) is 48.4 Å². The summed E-state index contributed by atoms with van der Waals surface area (Å²) in [5, 5.41) is 6.95. The summed E-state index contributed by atoms with van der Waals surface area (Å²) in [7, 11) is 3.16. The minimum absolute atomic E-state index is 0.146. The molecule has 0 aliphatic carbocycles. The lowest BCUT2D eigenvalue weighted by Gasteiger charge is -2.36. The van der Waals surface area contributed by atoms with Gasteiger partial charge in [-0.05, 0) is 36.4 Å². The van der Waals surface area contributed by atoms with Crippen LogP contribution in [0.25, 0.3) is 11.4 Å². The number of ether oxygens (including phenoxy) is 2. The van der Waals surface area contributed by atoms with Crippen LogP contribution in [-0.4, -0.2) is 61.5 Å². The van der Waals surface area contributed by atoms with Crippen LogP contribution in [0.1, 0.15) is 12.8 Å². The van der Waals surface area contributed by atoms with Crippen molar-refractivity contribution in [2.24, 2.45) is 0 Å². The number of urea groups is 1.